The Hall–Kier alpha value is -3.19. The first-order valence-electron chi connectivity index (χ1n) is 12.4. The quantitative estimate of drug-likeness (QED) is 0.273. The zero-order valence-corrected chi connectivity index (χ0v) is 22.6. The number of benzene rings is 3. The second-order valence-electron chi connectivity index (χ2n) is 9.63. The summed E-state index contributed by atoms with van der Waals surface area (Å²) in [7, 11) is 2.05. The maximum Gasteiger partial charge on any atom is 0.228 e. The highest BCUT2D eigenvalue weighted by atomic mass is 32.2. The van der Waals surface area contributed by atoms with Crippen molar-refractivity contribution in [3.63, 3.8) is 0 Å². The number of nitrogens with zero attached hydrogens (tertiary/aromatic N) is 1. The van der Waals surface area contributed by atoms with Crippen LogP contribution in [0.5, 0.6) is 0 Å². The fourth-order valence-electron chi connectivity index (χ4n) is 4.19. The van der Waals surface area contributed by atoms with Crippen molar-refractivity contribution in [3.8, 4) is 0 Å². The van der Waals surface area contributed by atoms with Crippen LogP contribution in [0.15, 0.2) is 65.6 Å². The van der Waals surface area contributed by atoms with Crippen molar-refractivity contribution in [2.45, 2.75) is 50.3 Å². The van der Waals surface area contributed by atoms with E-state index in [0.29, 0.717) is 17.5 Å². The number of halogens is 2. The fourth-order valence-corrected chi connectivity index (χ4v) is 4.86. The van der Waals surface area contributed by atoms with Crippen LogP contribution in [0.4, 0.5) is 20.2 Å². The molecule has 4 rings (SSSR count). The van der Waals surface area contributed by atoms with E-state index in [1.165, 1.54) is 28.8 Å². The second kappa shape index (κ2) is 12.9. The van der Waals surface area contributed by atoms with Crippen LogP contribution in [-0.2, 0) is 27.8 Å². The van der Waals surface area contributed by atoms with Crippen molar-refractivity contribution < 1.29 is 18.4 Å². The third-order valence-electron chi connectivity index (χ3n) is 6.23. The van der Waals surface area contributed by atoms with Gasteiger partial charge in [0.2, 0.25) is 5.91 Å². The monoisotopic (exact) mass is 524 g/mol. The van der Waals surface area contributed by atoms with Gasteiger partial charge in [0.25, 0.3) is 0 Å². The first kappa shape index (κ1) is 28.4. The first-order chi connectivity index (χ1) is 17.6. The van der Waals surface area contributed by atoms with Gasteiger partial charge in [-0.25, -0.2) is 8.78 Å². The molecule has 1 aliphatic heterocycles. The Morgan fingerprint density at radius 2 is 1.81 bits per heavy atom. The summed E-state index contributed by atoms with van der Waals surface area (Å²) in [5.41, 5.74) is 3.02. The molecule has 0 saturated heterocycles. The molecule has 1 heterocycles. The van der Waals surface area contributed by atoms with E-state index in [1.54, 1.807) is 37.7 Å². The molecule has 1 aliphatic rings. The van der Waals surface area contributed by atoms with E-state index in [4.69, 9.17) is 0 Å². The predicted molar refractivity (Wildman–Crippen MR) is 149 cm³/mol. The molecule has 0 spiro atoms. The standard InChI is InChI=1S/C20H22FNO2S.C10H12FN/c1-4-25-16-8-5-14(6-9-16)11-19(24)22-15-7-10-17(18(21)12-15)20(2,3)13-23;1-12-6-2-3-8-7-9(11)4-5-10(8)12/h5-10,12-13H,4,11H2,1-3H3,(H,22,24);4-5,7H,2-3,6H2,1H3. The van der Waals surface area contributed by atoms with Gasteiger partial charge in [0.15, 0.2) is 0 Å². The van der Waals surface area contributed by atoms with Gasteiger partial charge in [0.05, 0.1) is 6.42 Å². The molecule has 1 N–H and O–H groups in total. The topological polar surface area (TPSA) is 49.4 Å². The summed E-state index contributed by atoms with van der Waals surface area (Å²) in [5.74, 6) is 0.167. The average Bonchev–Trinajstić information content (AvgIpc) is 2.85. The van der Waals surface area contributed by atoms with E-state index in [1.807, 2.05) is 30.3 Å². The fraction of sp³-hybridized carbons (Fsp3) is 0.333. The molecule has 0 bridgehead atoms. The van der Waals surface area contributed by atoms with E-state index >= 15 is 0 Å². The SMILES string of the molecule is CCSc1ccc(CC(=O)Nc2ccc(C(C)(C)C=O)c(F)c2)cc1.CN1CCCc2cc(F)ccc21. The van der Waals surface area contributed by atoms with E-state index in [0.717, 1.165) is 36.3 Å². The van der Waals surface area contributed by atoms with Gasteiger partial charge in [-0.2, -0.15) is 0 Å². The highest BCUT2D eigenvalue weighted by molar-refractivity contribution is 7.99. The van der Waals surface area contributed by atoms with Crippen LogP contribution in [-0.4, -0.2) is 31.5 Å². The first-order valence-corrected chi connectivity index (χ1v) is 13.4. The number of carbonyl (C=O) groups excluding carboxylic acids is 2. The van der Waals surface area contributed by atoms with Gasteiger partial charge in [-0.15, -0.1) is 11.8 Å². The number of aldehydes is 1. The third kappa shape index (κ3) is 7.89. The molecule has 0 fully saturated rings. The number of amides is 1. The Kier molecular flexibility index (Phi) is 9.86. The Bertz CT molecular complexity index is 1230. The van der Waals surface area contributed by atoms with Crippen LogP contribution < -0.4 is 10.2 Å². The number of fused-ring (bicyclic) bond motifs is 1. The summed E-state index contributed by atoms with van der Waals surface area (Å²) in [4.78, 5) is 26.6. The smallest absolute Gasteiger partial charge is 0.228 e. The lowest BCUT2D eigenvalue weighted by molar-refractivity contribution is -0.115. The summed E-state index contributed by atoms with van der Waals surface area (Å²) in [6, 6.07) is 17.3. The maximum absolute atomic E-state index is 14.2. The molecule has 0 aliphatic carbocycles. The van der Waals surface area contributed by atoms with Gasteiger partial charge in [-0.3, -0.25) is 4.79 Å². The number of hydrogen-bond donors (Lipinski definition) is 1. The molecule has 0 saturated carbocycles. The van der Waals surface area contributed by atoms with E-state index in [-0.39, 0.29) is 18.1 Å². The minimum atomic E-state index is -0.898. The number of rotatable bonds is 7. The zero-order valence-electron chi connectivity index (χ0n) is 21.8. The van der Waals surface area contributed by atoms with Crippen LogP contribution in [0.3, 0.4) is 0 Å². The number of aryl methyl sites for hydroxylation is 1. The van der Waals surface area contributed by atoms with Crippen molar-refractivity contribution >= 4 is 35.3 Å². The Morgan fingerprint density at radius 1 is 1.08 bits per heavy atom. The zero-order chi connectivity index (χ0) is 27.0. The number of hydrogen-bond acceptors (Lipinski definition) is 4. The van der Waals surface area contributed by atoms with Crippen LogP contribution in [0, 0.1) is 11.6 Å². The lowest BCUT2D eigenvalue weighted by Crippen LogP contribution is -2.24. The van der Waals surface area contributed by atoms with Crippen LogP contribution in [0.1, 0.15) is 43.9 Å². The molecular weight excluding hydrogens is 490 g/mol. The maximum atomic E-state index is 14.2. The predicted octanol–water partition coefficient (Wildman–Crippen LogP) is 6.80. The second-order valence-corrected chi connectivity index (χ2v) is 11.0. The van der Waals surface area contributed by atoms with Crippen LogP contribution in [0.25, 0.3) is 0 Å². The number of carbonyl (C=O) groups is 2. The Labute approximate surface area is 222 Å². The Balaban J connectivity index is 0.000000262. The molecular formula is C30H34F2N2O2S. The molecule has 0 atom stereocenters. The molecule has 4 nitrogen and oxygen atoms in total. The van der Waals surface area contributed by atoms with Crippen LogP contribution >= 0.6 is 11.8 Å². The van der Waals surface area contributed by atoms with E-state index < -0.39 is 11.2 Å². The highest BCUT2D eigenvalue weighted by Gasteiger charge is 2.23. The summed E-state index contributed by atoms with van der Waals surface area (Å²) in [6.45, 7) is 6.47. The van der Waals surface area contributed by atoms with E-state index in [2.05, 4.69) is 24.2 Å². The molecule has 7 heteroatoms. The molecule has 1 amide bonds. The molecule has 0 aromatic heterocycles. The van der Waals surface area contributed by atoms with Crippen molar-refractivity contribution in [2.24, 2.45) is 0 Å². The van der Waals surface area contributed by atoms with Gasteiger partial charge >= 0.3 is 0 Å². The summed E-state index contributed by atoms with van der Waals surface area (Å²) in [5, 5.41) is 2.70. The van der Waals surface area contributed by atoms with Crippen molar-refractivity contribution in [3.05, 3.63) is 89.0 Å². The van der Waals surface area contributed by atoms with Gasteiger partial charge in [0, 0.05) is 40.8 Å². The van der Waals surface area contributed by atoms with E-state index in [9.17, 15) is 18.4 Å². The van der Waals surface area contributed by atoms with Crippen molar-refractivity contribution in [1.82, 2.24) is 0 Å². The van der Waals surface area contributed by atoms with Gasteiger partial charge in [0.1, 0.15) is 17.9 Å². The molecule has 196 valence electrons. The van der Waals surface area contributed by atoms with Gasteiger partial charge in [-0.1, -0.05) is 25.1 Å². The third-order valence-corrected chi connectivity index (χ3v) is 7.13. The van der Waals surface area contributed by atoms with Crippen molar-refractivity contribution in [2.75, 3.05) is 29.6 Å². The number of anilines is 2. The average molecular weight is 525 g/mol. The highest BCUT2D eigenvalue weighted by Crippen LogP contribution is 2.27. The summed E-state index contributed by atoms with van der Waals surface area (Å²) >= 11 is 1.75. The number of thioether (sulfide) groups is 1. The molecule has 0 unspecified atom stereocenters. The Morgan fingerprint density at radius 3 is 2.46 bits per heavy atom. The summed E-state index contributed by atoms with van der Waals surface area (Å²) in [6.07, 6.45) is 3.08. The lowest BCUT2D eigenvalue weighted by atomic mass is 9.86. The lowest BCUT2D eigenvalue weighted by Gasteiger charge is -2.27. The minimum Gasteiger partial charge on any atom is -0.374 e. The van der Waals surface area contributed by atoms with Gasteiger partial charge in [-0.05, 0) is 86.0 Å². The van der Waals surface area contributed by atoms with Crippen molar-refractivity contribution in [1.29, 1.82) is 0 Å². The van der Waals surface area contributed by atoms with Crippen LogP contribution in [0.2, 0.25) is 0 Å². The number of nitrogens with one attached hydrogen (secondary N) is 1. The molecule has 37 heavy (non-hydrogen) atoms. The largest absolute Gasteiger partial charge is 0.374 e. The molecule has 3 aromatic rings. The summed E-state index contributed by atoms with van der Waals surface area (Å²) < 4.78 is 27.0. The molecule has 0 radical (unpaired) electrons. The minimum absolute atomic E-state index is 0.121. The normalized spacial score (nSPS) is 12.8. The molecule has 3 aromatic carbocycles. The van der Waals surface area contributed by atoms with Gasteiger partial charge < -0.3 is 15.0 Å².